The summed E-state index contributed by atoms with van der Waals surface area (Å²) in [5, 5.41) is 2.83. The zero-order valence-electron chi connectivity index (χ0n) is 18.4. The average molecular weight is 482 g/mol. The Bertz CT molecular complexity index is 1490. The fraction of sp³-hybridized carbons (Fsp3) is 0.167. The van der Waals surface area contributed by atoms with E-state index in [1.165, 1.54) is 11.4 Å². The van der Waals surface area contributed by atoms with Crippen molar-refractivity contribution in [1.29, 1.82) is 0 Å². The van der Waals surface area contributed by atoms with Crippen molar-refractivity contribution in [2.75, 3.05) is 16.7 Å². The van der Waals surface area contributed by atoms with E-state index in [0.29, 0.717) is 23.5 Å². The van der Waals surface area contributed by atoms with Gasteiger partial charge in [-0.25, -0.2) is 8.42 Å². The van der Waals surface area contributed by atoms with E-state index in [2.05, 4.69) is 5.32 Å². The van der Waals surface area contributed by atoms with Gasteiger partial charge < -0.3 is 5.32 Å². The van der Waals surface area contributed by atoms with E-state index in [4.69, 9.17) is 0 Å². The lowest BCUT2D eigenvalue weighted by Gasteiger charge is -2.20. The van der Waals surface area contributed by atoms with Gasteiger partial charge in [0, 0.05) is 24.8 Å². The lowest BCUT2D eigenvalue weighted by Crippen LogP contribution is -2.26. The first kappa shape index (κ1) is 22.8. The number of nitrogens with one attached hydrogen (secondary N) is 1. The molecule has 3 aromatic carbocycles. The summed E-state index contributed by atoms with van der Waals surface area (Å²) in [6, 6.07) is 18.4. The van der Waals surface area contributed by atoms with Gasteiger partial charge in [0.25, 0.3) is 15.9 Å². The highest BCUT2D eigenvalue weighted by atomic mass is 32.2. The van der Waals surface area contributed by atoms with E-state index in [-0.39, 0.29) is 15.7 Å². The van der Waals surface area contributed by atoms with Crippen molar-refractivity contribution in [3.63, 3.8) is 0 Å². The van der Waals surface area contributed by atoms with Gasteiger partial charge in [-0.3, -0.25) is 18.5 Å². The van der Waals surface area contributed by atoms with Gasteiger partial charge in [0.1, 0.15) is 0 Å². The smallest absolute Gasteiger partial charge is 0.308 e. The van der Waals surface area contributed by atoms with Crippen LogP contribution in [0.4, 0.5) is 11.4 Å². The van der Waals surface area contributed by atoms with Crippen LogP contribution in [-0.4, -0.2) is 25.9 Å². The van der Waals surface area contributed by atoms with Crippen LogP contribution < -0.4 is 14.5 Å². The number of aryl methyl sites for hydroxylation is 2. The number of rotatable bonds is 6. The molecule has 1 amide bonds. The van der Waals surface area contributed by atoms with E-state index >= 15 is 0 Å². The monoisotopic (exact) mass is 481 g/mol. The predicted octanol–water partition coefficient (Wildman–Crippen LogP) is 4.47. The Morgan fingerprint density at radius 3 is 2.33 bits per heavy atom. The van der Waals surface area contributed by atoms with Crippen LogP contribution in [0, 0.1) is 6.92 Å². The molecular formula is C24H23N3O4S2. The van der Waals surface area contributed by atoms with Crippen LogP contribution in [0.3, 0.4) is 0 Å². The lowest BCUT2D eigenvalue weighted by atomic mass is 10.2. The summed E-state index contributed by atoms with van der Waals surface area (Å²) in [7, 11) is -2.23. The van der Waals surface area contributed by atoms with Crippen LogP contribution in [-0.2, 0) is 16.6 Å². The van der Waals surface area contributed by atoms with Crippen molar-refractivity contribution >= 4 is 48.9 Å². The van der Waals surface area contributed by atoms with Gasteiger partial charge in [-0.2, -0.15) is 0 Å². The summed E-state index contributed by atoms with van der Waals surface area (Å²) in [5.41, 5.74) is 3.23. The van der Waals surface area contributed by atoms with E-state index < -0.39 is 10.0 Å². The van der Waals surface area contributed by atoms with Crippen molar-refractivity contribution in [2.45, 2.75) is 25.3 Å². The third-order valence-electron chi connectivity index (χ3n) is 5.41. The minimum Gasteiger partial charge on any atom is -0.322 e. The fourth-order valence-corrected chi connectivity index (χ4v) is 5.67. The standard InChI is InChI=1S/C24H23N3O4S2/c1-4-27-21-14-9-18(15-22(21)32-24(27)29)25-23(28)17-7-10-19(11-8-17)26(3)33(30,31)20-12-5-16(2)6-13-20/h5-15H,4H2,1-3H3,(H,25,28). The zero-order valence-corrected chi connectivity index (χ0v) is 20.0. The van der Waals surface area contributed by atoms with Gasteiger partial charge in [0.2, 0.25) is 0 Å². The first-order valence-corrected chi connectivity index (χ1v) is 12.6. The second-order valence-corrected chi connectivity index (χ2v) is 10.5. The third kappa shape index (κ3) is 4.42. The number of nitrogens with zero attached hydrogens (tertiary/aromatic N) is 2. The summed E-state index contributed by atoms with van der Waals surface area (Å²) in [4.78, 5) is 24.9. The Hall–Kier alpha value is -3.43. The number of sulfonamides is 1. The Morgan fingerprint density at radius 2 is 1.70 bits per heavy atom. The molecular weight excluding hydrogens is 458 g/mol. The molecule has 9 heteroatoms. The fourth-order valence-electron chi connectivity index (χ4n) is 3.48. The Morgan fingerprint density at radius 1 is 1.03 bits per heavy atom. The number of amides is 1. The highest BCUT2D eigenvalue weighted by Crippen LogP contribution is 2.24. The molecule has 0 saturated heterocycles. The van der Waals surface area contributed by atoms with Crippen molar-refractivity contribution in [1.82, 2.24) is 4.57 Å². The van der Waals surface area contributed by atoms with Gasteiger partial charge in [-0.1, -0.05) is 29.0 Å². The molecule has 33 heavy (non-hydrogen) atoms. The second-order valence-electron chi connectivity index (χ2n) is 7.58. The van der Waals surface area contributed by atoms with E-state index in [1.807, 2.05) is 19.9 Å². The molecule has 0 saturated carbocycles. The second kappa shape index (κ2) is 8.84. The van der Waals surface area contributed by atoms with Crippen LogP contribution >= 0.6 is 11.3 Å². The number of thiazole rings is 1. The van der Waals surface area contributed by atoms with Crippen LogP contribution in [0.15, 0.2) is 76.4 Å². The quantitative estimate of drug-likeness (QED) is 0.440. The number of anilines is 2. The molecule has 0 aliphatic heterocycles. The van der Waals surface area contributed by atoms with Gasteiger partial charge in [0.05, 0.1) is 20.8 Å². The predicted molar refractivity (Wildman–Crippen MR) is 133 cm³/mol. The van der Waals surface area contributed by atoms with Gasteiger partial charge >= 0.3 is 4.87 Å². The molecule has 0 radical (unpaired) electrons. The summed E-state index contributed by atoms with van der Waals surface area (Å²) in [6.45, 7) is 4.40. The van der Waals surface area contributed by atoms with Gasteiger partial charge in [-0.15, -0.1) is 0 Å². The highest BCUT2D eigenvalue weighted by Gasteiger charge is 2.21. The maximum Gasteiger partial charge on any atom is 0.308 e. The van der Waals surface area contributed by atoms with E-state index in [0.717, 1.165) is 27.1 Å². The van der Waals surface area contributed by atoms with E-state index in [1.54, 1.807) is 65.2 Å². The topological polar surface area (TPSA) is 88.5 Å². The number of fused-ring (bicyclic) bond motifs is 1. The summed E-state index contributed by atoms with van der Waals surface area (Å²) in [6.07, 6.45) is 0. The molecule has 1 N–H and O–H groups in total. The largest absolute Gasteiger partial charge is 0.322 e. The maximum absolute atomic E-state index is 12.9. The van der Waals surface area contributed by atoms with Crippen molar-refractivity contribution < 1.29 is 13.2 Å². The van der Waals surface area contributed by atoms with Crippen molar-refractivity contribution in [3.8, 4) is 0 Å². The van der Waals surface area contributed by atoms with Crippen molar-refractivity contribution in [3.05, 3.63) is 87.5 Å². The minimum atomic E-state index is -3.71. The Balaban J connectivity index is 1.52. The number of hydrogen-bond donors (Lipinski definition) is 1. The summed E-state index contributed by atoms with van der Waals surface area (Å²) >= 11 is 1.14. The number of aromatic nitrogens is 1. The van der Waals surface area contributed by atoms with Gasteiger partial charge in [-0.05, 0) is 68.4 Å². The normalized spacial score (nSPS) is 11.5. The van der Waals surface area contributed by atoms with Crippen LogP contribution in [0.1, 0.15) is 22.8 Å². The molecule has 4 aromatic rings. The van der Waals surface area contributed by atoms with E-state index in [9.17, 15) is 18.0 Å². The molecule has 0 atom stereocenters. The van der Waals surface area contributed by atoms with Gasteiger partial charge in [0.15, 0.2) is 0 Å². The maximum atomic E-state index is 12.9. The Kier molecular flexibility index (Phi) is 6.09. The molecule has 0 spiro atoms. The molecule has 0 aliphatic rings. The average Bonchev–Trinajstić information content (AvgIpc) is 3.12. The number of carbonyl (C=O) groups is 1. The first-order chi connectivity index (χ1) is 15.7. The van der Waals surface area contributed by atoms with Crippen LogP contribution in [0.5, 0.6) is 0 Å². The number of hydrogen-bond acceptors (Lipinski definition) is 5. The molecule has 0 aliphatic carbocycles. The Labute approximate surface area is 196 Å². The number of carbonyl (C=O) groups excluding carboxylic acids is 1. The number of benzene rings is 3. The molecule has 0 fully saturated rings. The lowest BCUT2D eigenvalue weighted by molar-refractivity contribution is 0.102. The molecule has 4 rings (SSSR count). The van der Waals surface area contributed by atoms with Crippen molar-refractivity contribution in [2.24, 2.45) is 0 Å². The summed E-state index contributed by atoms with van der Waals surface area (Å²) in [5.74, 6) is -0.327. The molecule has 1 aromatic heterocycles. The third-order valence-corrected chi connectivity index (χ3v) is 8.16. The molecule has 170 valence electrons. The molecule has 0 unspecified atom stereocenters. The molecule has 1 heterocycles. The molecule has 0 bridgehead atoms. The summed E-state index contributed by atoms with van der Waals surface area (Å²) < 4.78 is 29.4. The zero-order chi connectivity index (χ0) is 23.8. The van der Waals surface area contributed by atoms with Crippen LogP contribution in [0.25, 0.3) is 10.2 Å². The van der Waals surface area contributed by atoms with Crippen LogP contribution in [0.2, 0.25) is 0 Å². The first-order valence-electron chi connectivity index (χ1n) is 10.3. The minimum absolute atomic E-state index is 0.0312. The molecule has 7 nitrogen and oxygen atoms in total. The SMILES string of the molecule is CCn1c(=O)sc2cc(NC(=O)c3ccc(N(C)S(=O)(=O)c4ccc(C)cc4)cc3)ccc21. The highest BCUT2D eigenvalue weighted by molar-refractivity contribution is 7.92.